The fraction of sp³-hybridized carbons (Fsp3) is 0.947. The van der Waals surface area contributed by atoms with Crippen molar-refractivity contribution in [1.82, 2.24) is 10.6 Å². The smallest absolute Gasteiger partial charge is 0.220 e. The Morgan fingerprint density at radius 1 is 0.739 bits per heavy atom. The summed E-state index contributed by atoms with van der Waals surface area (Å²) >= 11 is 0. The summed E-state index contributed by atoms with van der Waals surface area (Å²) in [5.41, 5.74) is 5.31. The van der Waals surface area contributed by atoms with Crippen LogP contribution in [-0.2, 0) is 4.79 Å². The zero-order valence-corrected chi connectivity index (χ0v) is 15.5. The summed E-state index contributed by atoms with van der Waals surface area (Å²) < 4.78 is 0. The number of carbonyl (C=O) groups is 1. The van der Waals surface area contributed by atoms with E-state index in [2.05, 4.69) is 17.6 Å². The number of nitrogens with two attached hydrogens (primary N) is 1. The van der Waals surface area contributed by atoms with Crippen molar-refractivity contribution in [2.24, 2.45) is 5.73 Å². The molecule has 0 aromatic carbocycles. The summed E-state index contributed by atoms with van der Waals surface area (Å²) in [4.78, 5) is 11.5. The molecule has 0 rings (SSSR count). The van der Waals surface area contributed by atoms with E-state index in [1.54, 1.807) is 0 Å². The normalized spacial score (nSPS) is 10.9. The van der Waals surface area contributed by atoms with Crippen LogP contribution in [0.15, 0.2) is 0 Å². The van der Waals surface area contributed by atoms with Gasteiger partial charge in [0.2, 0.25) is 5.91 Å². The Bertz CT molecular complexity index is 247. The molecule has 0 aliphatic rings. The van der Waals surface area contributed by atoms with Crippen LogP contribution in [0.2, 0.25) is 0 Å². The predicted molar refractivity (Wildman–Crippen MR) is 100 cm³/mol. The van der Waals surface area contributed by atoms with Gasteiger partial charge in [0, 0.05) is 26.2 Å². The average Bonchev–Trinajstić information content (AvgIpc) is 2.56. The van der Waals surface area contributed by atoms with E-state index in [1.807, 2.05) is 0 Å². The highest BCUT2D eigenvalue weighted by Gasteiger charge is 2.00. The van der Waals surface area contributed by atoms with Crippen LogP contribution in [0.4, 0.5) is 0 Å². The van der Waals surface area contributed by atoms with Gasteiger partial charge in [-0.1, -0.05) is 84.0 Å². The van der Waals surface area contributed by atoms with Crippen LogP contribution in [0.5, 0.6) is 0 Å². The lowest BCUT2D eigenvalue weighted by molar-refractivity contribution is -0.121. The zero-order valence-electron chi connectivity index (χ0n) is 15.5. The maximum absolute atomic E-state index is 11.5. The Hall–Kier alpha value is -0.610. The monoisotopic (exact) mass is 327 g/mol. The van der Waals surface area contributed by atoms with Gasteiger partial charge in [0.15, 0.2) is 0 Å². The molecule has 0 aromatic heterocycles. The number of amides is 1. The molecule has 4 heteroatoms. The van der Waals surface area contributed by atoms with Crippen LogP contribution >= 0.6 is 0 Å². The van der Waals surface area contributed by atoms with Crippen molar-refractivity contribution in [3.8, 4) is 0 Å². The van der Waals surface area contributed by atoms with Crippen molar-refractivity contribution >= 4 is 5.91 Å². The minimum Gasteiger partial charge on any atom is -0.355 e. The molecule has 0 aliphatic carbocycles. The van der Waals surface area contributed by atoms with Gasteiger partial charge in [-0.25, -0.2) is 0 Å². The second kappa shape index (κ2) is 19.4. The first kappa shape index (κ1) is 22.4. The van der Waals surface area contributed by atoms with E-state index in [-0.39, 0.29) is 5.91 Å². The van der Waals surface area contributed by atoms with Gasteiger partial charge in [-0.05, 0) is 6.42 Å². The molecule has 0 atom stereocenters. The molecular formula is C19H41N3O. The highest BCUT2D eigenvalue weighted by atomic mass is 16.1. The van der Waals surface area contributed by atoms with Gasteiger partial charge >= 0.3 is 0 Å². The minimum atomic E-state index is 0.173. The summed E-state index contributed by atoms with van der Waals surface area (Å²) in [7, 11) is 0. The number of hydrogen-bond acceptors (Lipinski definition) is 3. The van der Waals surface area contributed by atoms with E-state index in [0.29, 0.717) is 19.6 Å². The van der Waals surface area contributed by atoms with Gasteiger partial charge in [-0.15, -0.1) is 0 Å². The van der Waals surface area contributed by atoms with Gasteiger partial charge in [0.1, 0.15) is 0 Å². The summed E-state index contributed by atoms with van der Waals surface area (Å²) in [5.74, 6) is 0.173. The molecule has 4 N–H and O–H groups in total. The summed E-state index contributed by atoms with van der Waals surface area (Å²) in [5, 5.41) is 5.89. The Morgan fingerprint density at radius 3 is 1.70 bits per heavy atom. The van der Waals surface area contributed by atoms with Crippen molar-refractivity contribution in [3.63, 3.8) is 0 Å². The molecule has 0 saturated heterocycles. The molecule has 0 unspecified atom stereocenters. The average molecular weight is 328 g/mol. The molecule has 0 aromatic rings. The molecule has 1 amide bonds. The first-order valence-corrected chi connectivity index (χ1v) is 9.98. The molecule has 0 spiro atoms. The summed E-state index contributed by atoms with van der Waals surface area (Å²) in [6.07, 6.45) is 18.1. The predicted octanol–water partition coefficient (Wildman–Crippen LogP) is 4.09. The topological polar surface area (TPSA) is 67.2 Å². The first-order chi connectivity index (χ1) is 11.3. The van der Waals surface area contributed by atoms with E-state index >= 15 is 0 Å². The molecule has 0 aliphatic heterocycles. The quantitative estimate of drug-likeness (QED) is 0.262. The van der Waals surface area contributed by atoms with Crippen LogP contribution in [0.25, 0.3) is 0 Å². The van der Waals surface area contributed by atoms with Crippen molar-refractivity contribution in [2.75, 3.05) is 19.8 Å². The third kappa shape index (κ3) is 19.3. The van der Waals surface area contributed by atoms with Crippen LogP contribution < -0.4 is 16.4 Å². The van der Waals surface area contributed by atoms with Crippen molar-refractivity contribution in [3.05, 3.63) is 0 Å². The van der Waals surface area contributed by atoms with Gasteiger partial charge < -0.3 is 16.4 Å². The van der Waals surface area contributed by atoms with Gasteiger partial charge in [-0.2, -0.15) is 0 Å². The first-order valence-electron chi connectivity index (χ1n) is 9.98. The fourth-order valence-electron chi connectivity index (χ4n) is 2.78. The number of rotatable bonds is 18. The van der Waals surface area contributed by atoms with E-state index in [1.165, 1.54) is 77.0 Å². The van der Waals surface area contributed by atoms with Crippen LogP contribution in [0.1, 0.15) is 96.8 Å². The van der Waals surface area contributed by atoms with Crippen molar-refractivity contribution < 1.29 is 4.79 Å². The lowest BCUT2D eigenvalue weighted by Gasteiger charge is -2.05. The Balaban J connectivity index is 3.08. The van der Waals surface area contributed by atoms with Gasteiger partial charge in [-0.3, -0.25) is 4.79 Å². The van der Waals surface area contributed by atoms with Gasteiger partial charge in [0.25, 0.3) is 0 Å². The maximum Gasteiger partial charge on any atom is 0.220 e. The zero-order chi connectivity index (χ0) is 17.0. The Morgan fingerprint density at radius 2 is 1.22 bits per heavy atom. The van der Waals surface area contributed by atoms with Gasteiger partial charge in [0.05, 0.1) is 0 Å². The highest BCUT2D eigenvalue weighted by Crippen LogP contribution is 2.12. The van der Waals surface area contributed by atoms with E-state index < -0.39 is 0 Å². The molecule has 4 nitrogen and oxygen atoms in total. The molecule has 0 fully saturated rings. The Labute approximate surface area is 144 Å². The molecular weight excluding hydrogens is 286 g/mol. The standard InChI is InChI=1S/C19H41N3O/c1-2-3-4-5-6-7-8-9-10-11-12-13-14-15-19(23)22-17-16-21-18-20/h21H,2-18,20H2,1H3,(H,22,23). The molecule has 23 heavy (non-hydrogen) atoms. The van der Waals surface area contributed by atoms with Crippen molar-refractivity contribution in [1.29, 1.82) is 0 Å². The fourth-order valence-corrected chi connectivity index (χ4v) is 2.78. The molecule has 0 saturated carbocycles. The number of unbranched alkanes of at least 4 members (excludes halogenated alkanes) is 12. The van der Waals surface area contributed by atoms with Crippen molar-refractivity contribution in [2.45, 2.75) is 96.8 Å². The molecule has 0 bridgehead atoms. The Kier molecular flexibility index (Phi) is 18.9. The lowest BCUT2D eigenvalue weighted by atomic mass is 10.0. The number of carbonyl (C=O) groups excluding carboxylic acids is 1. The van der Waals surface area contributed by atoms with Crippen LogP contribution in [0, 0.1) is 0 Å². The largest absolute Gasteiger partial charge is 0.355 e. The number of nitrogens with one attached hydrogen (secondary N) is 2. The van der Waals surface area contributed by atoms with E-state index in [4.69, 9.17) is 5.73 Å². The molecule has 0 heterocycles. The second-order valence-corrected chi connectivity index (χ2v) is 6.55. The van der Waals surface area contributed by atoms with Crippen LogP contribution in [0.3, 0.4) is 0 Å². The third-order valence-electron chi connectivity index (χ3n) is 4.28. The third-order valence-corrected chi connectivity index (χ3v) is 4.28. The van der Waals surface area contributed by atoms with E-state index in [0.717, 1.165) is 13.0 Å². The maximum atomic E-state index is 11.5. The minimum absolute atomic E-state index is 0.173. The SMILES string of the molecule is CCCCCCCCCCCCCCCC(=O)NCCNCN. The highest BCUT2D eigenvalue weighted by molar-refractivity contribution is 5.75. The molecule has 138 valence electrons. The molecule has 0 radical (unpaired) electrons. The summed E-state index contributed by atoms with van der Waals surface area (Å²) in [6.45, 7) is 4.16. The summed E-state index contributed by atoms with van der Waals surface area (Å²) in [6, 6.07) is 0. The van der Waals surface area contributed by atoms with Crippen LogP contribution in [-0.4, -0.2) is 25.7 Å². The second-order valence-electron chi connectivity index (χ2n) is 6.55. The lowest BCUT2D eigenvalue weighted by Crippen LogP contribution is -2.33. The number of hydrogen-bond donors (Lipinski definition) is 3. The van der Waals surface area contributed by atoms with E-state index in [9.17, 15) is 4.79 Å².